The number of aromatic nitrogens is 3. The van der Waals surface area contributed by atoms with Gasteiger partial charge in [-0.2, -0.15) is 13.2 Å². The Labute approximate surface area is 175 Å². The smallest absolute Gasteiger partial charge is 0.334 e. The summed E-state index contributed by atoms with van der Waals surface area (Å²) in [5.41, 5.74) is 1.79. The van der Waals surface area contributed by atoms with Crippen LogP contribution in [0.3, 0.4) is 0 Å². The van der Waals surface area contributed by atoms with Gasteiger partial charge in [-0.15, -0.1) is 5.10 Å². The van der Waals surface area contributed by atoms with Crippen LogP contribution in [0.5, 0.6) is 0 Å². The number of amides is 2. The Balaban J connectivity index is 1.59. The zero-order valence-electron chi connectivity index (χ0n) is 16.5. The van der Waals surface area contributed by atoms with Crippen LogP contribution in [0.1, 0.15) is 24.1 Å². The third-order valence-electron chi connectivity index (χ3n) is 5.29. The van der Waals surface area contributed by atoms with Gasteiger partial charge in [0.25, 0.3) is 0 Å². The Morgan fingerprint density at radius 2 is 2.03 bits per heavy atom. The summed E-state index contributed by atoms with van der Waals surface area (Å²) >= 11 is 0. The van der Waals surface area contributed by atoms with Gasteiger partial charge in [-0.25, -0.2) is 9.59 Å². The van der Waals surface area contributed by atoms with E-state index in [4.69, 9.17) is 0 Å². The minimum absolute atomic E-state index is 0.0257. The molecule has 9 nitrogen and oxygen atoms in total. The van der Waals surface area contributed by atoms with Gasteiger partial charge in [0.1, 0.15) is 5.69 Å². The molecule has 1 fully saturated rings. The maximum absolute atomic E-state index is 12.8. The lowest BCUT2D eigenvalue weighted by molar-refractivity contribution is -0.201. The summed E-state index contributed by atoms with van der Waals surface area (Å²) in [5.74, 6) is -2.36. The molecule has 0 spiro atoms. The van der Waals surface area contributed by atoms with Crippen LogP contribution in [0.25, 0.3) is 11.3 Å². The largest absolute Gasteiger partial charge is 0.493 e. The summed E-state index contributed by atoms with van der Waals surface area (Å²) in [6.07, 6.45) is -0.0685. The molecule has 0 radical (unpaired) electrons. The van der Waals surface area contributed by atoms with E-state index < -0.39 is 12.1 Å². The van der Waals surface area contributed by atoms with Crippen molar-refractivity contribution in [3.8, 4) is 11.3 Å². The van der Waals surface area contributed by atoms with Crippen LogP contribution >= 0.6 is 0 Å². The molecule has 1 unspecified atom stereocenters. The average Bonchev–Trinajstić information content (AvgIpc) is 3.12. The molecule has 166 valence electrons. The number of piperidine rings is 1. The van der Waals surface area contributed by atoms with Crippen LogP contribution in [0.4, 0.5) is 18.0 Å². The van der Waals surface area contributed by atoms with E-state index >= 15 is 0 Å². The topological polar surface area (TPSA) is 101 Å². The van der Waals surface area contributed by atoms with Gasteiger partial charge in [0.15, 0.2) is 0 Å². The maximum atomic E-state index is 12.8. The molecule has 12 heteroatoms. The quantitative estimate of drug-likeness (QED) is 0.749. The van der Waals surface area contributed by atoms with Crippen LogP contribution < -0.4 is 15.5 Å². The number of hydrogen-bond donors (Lipinski definition) is 2. The standard InChI is InChI=1S/C19H21F3N6O3/c20-19(21,22)17(29)31-28-15-5-9-27(18(30)25-13-2-1-6-24-10-13)11-14(15)16(26-28)12-3-7-23-8-4-12/h3-4,7-8,13,24H,1-2,5-6,9-11H2,(H,25,30). The number of halogens is 3. The van der Waals surface area contributed by atoms with E-state index in [-0.39, 0.29) is 31.6 Å². The van der Waals surface area contributed by atoms with Crippen molar-refractivity contribution in [1.29, 1.82) is 0 Å². The first-order valence-electron chi connectivity index (χ1n) is 9.89. The van der Waals surface area contributed by atoms with Gasteiger partial charge >= 0.3 is 18.2 Å². The zero-order valence-corrected chi connectivity index (χ0v) is 16.5. The van der Waals surface area contributed by atoms with Gasteiger partial charge in [0.05, 0.1) is 12.2 Å². The Morgan fingerprint density at radius 3 is 2.71 bits per heavy atom. The number of nitrogens with one attached hydrogen (secondary N) is 2. The third-order valence-corrected chi connectivity index (χ3v) is 5.29. The Kier molecular flexibility index (Phi) is 5.81. The molecule has 4 rings (SSSR count). The molecule has 0 aliphatic carbocycles. The van der Waals surface area contributed by atoms with Crippen LogP contribution in [0.15, 0.2) is 24.5 Å². The number of rotatable bonds is 3. The Morgan fingerprint density at radius 1 is 1.26 bits per heavy atom. The van der Waals surface area contributed by atoms with Crippen LogP contribution in [-0.2, 0) is 17.8 Å². The molecule has 0 aromatic carbocycles. The highest BCUT2D eigenvalue weighted by Crippen LogP contribution is 2.30. The molecule has 2 N–H and O–H groups in total. The van der Waals surface area contributed by atoms with E-state index in [1.54, 1.807) is 17.0 Å². The molecular weight excluding hydrogens is 417 g/mol. The van der Waals surface area contributed by atoms with E-state index in [1.807, 2.05) is 0 Å². The lowest BCUT2D eigenvalue weighted by Gasteiger charge is -2.31. The summed E-state index contributed by atoms with van der Waals surface area (Å²) in [6.45, 7) is 2.00. The summed E-state index contributed by atoms with van der Waals surface area (Å²) in [7, 11) is 0. The van der Waals surface area contributed by atoms with Crippen LogP contribution in [0.2, 0.25) is 0 Å². The summed E-state index contributed by atoms with van der Waals surface area (Å²) < 4.78 is 38.1. The Bertz CT molecular complexity index is 957. The molecule has 2 aliphatic heterocycles. The molecule has 2 aromatic rings. The third kappa shape index (κ3) is 4.63. The summed E-state index contributed by atoms with van der Waals surface area (Å²) in [4.78, 5) is 34.8. The Hall–Kier alpha value is -3.15. The van der Waals surface area contributed by atoms with E-state index in [0.29, 0.717) is 33.9 Å². The highest BCUT2D eigenvalue weighted by Gasteiger charge is 2.43. The van der Waals surface area contributed by atoms with Crippen molar-refractivity contribution in [3.63, 3.8) is 0 Å². The van der Waals surface area contributed by atoms with E-state index in [9.17, 15) is 22.8 Å². The second-order valence-electron chi connectivity index (χ2n) is 7.42. The summed E-state index contributed by atoms with van der Waals surface area (Å²) in [5, 5.41) is 10.3. The van der Waals surface area contributed by atoms with Gasteiger partial charge in [-0.05, 0) is 31.5 Å². The fraction of sp³-hybridized carbons (Fsp3) is 0.474. The fourth-order valence-electron chi connectivity index (χ4n) is 3.75. The molecular formula is C19H21F3N6O3. The molecule has 4 heterocycles. The van der Waals surface area contributed by atoms with Crippen molar-refractivity contribution in [2.24, 2.45) is 0 Å². The second-order valence-corrected chi connectivity index (χ2v) is 7.42. The van der Waals surface area contributed by atoms with Gasteiger partial charge in [0, 0.05) is 49.1 Å². The highest BCUT2D eigenvalue weighted by molar-refractivity contribution is 5.77. The number of carbonyl (C=O) groups is 2. The first-order valence-corrected chi connectivity index (χ1v) is 9.89. The maximum Gasteiger partial charge on any atom is 0.493 e. The van der Waals surface area contributed by atoms with E-state index in [1.165, 1.54) is 12.4 Å². The summed E-state index contributed by atoms with van der Waals surface area (Å²) in [6, 6.07) is 3.06. The molecule has 2 amide bonds. The zero-order chi connectivity index (χ0) is 22.0. The lowest BCUT2D eigenvalue weighted by atomic mass is 10.0. The normalized spacial score (nSPS) is 18.9. The molecule has 0 saturated carbocycles. The van der Waals surface area contributed by atoms with Crippen LogP contribution in [-0.4, -0.2) is 63.7 Å². The molecule has 31 heavy (non-hydrogen) atoms. The first-order chi connectivity index (χ1) is 14.8. The number of pyridine rings is 1. The molecule has 0 bridgehead atoms. The highest BCUT2D eigenvalue weighted by atomic mass is 19.4. The van der Waals surface area contributed by atoms with Crippen molar-refractivity contribution in [2.75, 3.05) is 19.6 Å². The number of nitrogens with zero attached hydrogens (tertiary/aromatic N) is 4. The predicted molar refractivity (Wildman–Crippen MR) is 102 cm³/mol. The average molecular weight is 438 g/mol. The van der Waals surface area contributed by atoms with E-state index in [2.05, 4.69) is 25.6 Å². The number of alkyl halides is 3. The first kappa shape index (κ1) is 21.1. The SMILES string of the molecule is O=C(NC1CCCNC1)N1CCc2c(c(-c3ccncc3)nn2OC(=O)C(F)(F)F)C1. The van der Waals surface area contributed by atoms with Gasteiger partial charge in [-0.3, -0.25) is 4.98 Å². The lowest BCUT2D eigenvalue weighted by Crippen LogP contribution is -2.51. The van der Waals surface area contributed by atoms with Crippen molar-refractivity contribution >= 4 is 12.0 Å². The fourth-order valence-corrected chi connectivity index (χ4v) is 3.75. The van der Waals surface area contributed by atoms with Gasteiger partial charge in [-0.1, -0.05) is 4.85 Å². The van der Waals surface area contributed by atoms with E-state index in [0.717, 1.165) is 19.4 Å². The molecule has 1 atom stereocenters. The molecule has 2 aliphatic rings. The minimum Gasteiger partial charge on any atom is -0.334 e. The number of hydrogen-bond acceptors (Lipinski definition) is 6. The monoisotopic (exact) mass is 438 g/mol. The van der Waals surface area contributed by atoms with Gasteiger partial charge in [0.2, 0.25) is 0 Å². The van der Waals surface area contributed by atoms with Crippen molar-refractivity contribution < 1.29 is 27.6 Å². The van der Waals surface area contributed by atoms with Crippen molar-refractivity contribution in [2.45, 2.75) is 38.0 Å². The molecule has 2 aromatic heterocycles. The van der Waals surface area contributed by atoms with Crippen LogP contribution in [0, 0.1) is 0 Å². The van der Waals surface area contributed by atoms with Gasteiger partial charge < -0.3 is 20.4 Å². The second kappa shape index (κ2) is 8.53. The number of carbonyl (C=O) groups excluding carboxylic acids is 2. The number of urea groups is 1. The molecule has 1 saturated heterocycles. The minimum atomic E-state index is -5.15. The predicted octanol–water partition coefficient (Wildman–Crippen LogP) is 1.28. The van der Waals surface area contributed by atoms with Crippen molar-refractivity contribution in [3.05, 3.63) is 35.8 Å². The number of fused-ring (bicyclic) bond motifs is 1. The van der Waals surface area contributed by atoms with Crippen molar-refractivity contribution in [1.82, 2.24) is 30.5 Å².